The minimum absolute atomic E-state index is 0.105. The van der Waals surface area contributed by atoms with Gasteiger partial charge in [-0.15, -0.1) is 0 Å². The molecule has 0 unspecified atom stereocenters. The fourth-order valence-corrected chi connectivity index (χ4v) is 2.64. The summed E-state index contributed by atoms with van der Waals surface area (Å²) < 4.78 is 18.7. The molecular weight excluding hydrogens is 285 g/mol. The molecule has 5 nitrogen and oxygen atoms in total. The number of nitrogens with zero attached hydrogens (tertiary/aromatic N) is 2. The minimum Gasteiger partial charge on any atom is -0.481 e. The van der Waals surface area contributed by atoms with E-state index < -0.39 is 5.82 Å². The van der Waals surface area contributed by atoms with Crippen LogP contribution in [0.25, 0.3) is 0 Å². The van der Waals surface area contributed by atoms with E-state index in [1.807, 2.05) is 6.92 Å². The van der Waals surface area contributed by atoms with Gasteiger partial charge in [0.25, 0.3) is 5.91 Å². The standard InChI is InChI=1S/C16H18FN3O2/c1-11-8-18-16(19-11)12-6-7-20(9-12)15(21)10-22-14-5-3-2-4-13(14)17/h2-5,8,12H,6-7,9-10H2,1H3,(H,18,19)/t12-/m1/s1. The second-order valence-electron chi connectivity index (χ2n) is 5.50. The molecule has 0 aliphatic carbocycles. The molecule has 22 heavy (non-hydrogen) atoms. The molecule has 1 aromatic heterocycles. The number of aromatic amines is 1. The summed E-state index contributed by atoms with van der Waals surface area (Å²) in [6.45, 7) is 3.09. The molecule has 6 heteroatoms. The molecule has 1 amide bonds. The summed E-state index contributed by atoms with van der Waals surface area (Å²) >= 11 is 0. The Morgan fingerprint density at radius 2 is 2.32 bits per heavy atom. The van der Waals surface area contributed by atoms with Crippen LogP contribution in [0, 0.1) is 12.7 Å². The number of halogens is 1. The first kappa shape index (κ1) is 14.6. The molecular formula is C16H18FN3O2. The van der Waals surface area contributed by atoms with E-state index in [1.165, 1.54) is 12.1 Å². The highest BCUT2D eigenvalue weighted by atomic mass is 19.1. The maximum Gasteiger partial charge on any atom is 0.260 e. The molecule has 1 saturated heterocycles. The predicted octanol–water partition coefficient (Wildman–Crippen LogP) is 2.25. The molecule has 0 bridgehead atoms. The lowest BCUT2D eigenvalue weighted by Crippen LogP contribution is -2.33. The third kappa shape index (κ3) is 3.10. The summed E-state index contributed by atoms with van der Waals surface area (Å²) in [7, 11) is 0. The number of carbonyl (C=O) groups is 1. The highest BCUT2D eigenvalue weighted by Gasteiger charge is 2.29. The molecule has 1 aromatic carbocycles. The zero-order valence-electron chi connectivity index (χ0n) is 12.4. The molecule has 0 radical (unpaired) electrons. The summed E-state index contributed by atoms with van der Waals surface area (Å²) in [5, 5.41) is 0. The van der Waals surface area contributed by atoms with Gasteiger partial charge in [0.05, 0.1) is 0 Å². The molecule has 0 spiro atoms. The van der Waals surface area contributed by atoms with E-state index in [-0.39, 0.29) is 24.2 Å². The van der Waals surface area contributed by atoms with E-state index in [0.717, 1.165) is 17.9 Å². The zero-order valence-corrected chi connectivity index (χ0v) is 12.4. The van der Waals surface area contributed by atoms with Crippen LogP contribution in [0.5, 0.6) is 5.75 Å². The van der Waals surface area contributed by atoms with Crippen LogP contribution in [0.2, 0.25) is 0 Å². The maximum atomic E-state index is 13.4. The van der Waals surface area contributed by atoms with Gasteiger partial charge in [0.15, 0.2) is 18.2 Å². The lowest BCUT2D eigenvalue weighted by molar-refractivity contribution is -0.132. The Labute approximate surface area is 128 Å². The Morgan fingerprint density at radius 3 is 3.05 bits per heavy atom. The van der Waals surface area contributed by atoms with Gasteiger partial charge < -0.3 is 14.6 Å². The molecule has 1 fully saturated rings. The number of H-pyrrole nitrogens is 1. The van der Waals surface area contributed by atoms with Gasteiger partial charge in [-0.05, 0) is 25.5 Å². The average molecular weight is 303 g/mol. The van der Waals surface area contributed by atoms with Crippen molar-refractivity contribution in [2.24, 2.45) is 0 Å². The Kier molecular flexibility index (Phi) is 4.09. The monoisotopic (exact) mass is 303 g/mol. The van der Waals surface area contributed by atoms with Crippen molar-refractivity contribution in [3.8, 4) is 5.75 Å². The van der Waals surface area contributed by atoms with Crippen LogP contribution < -0.4 is 4.74 Å². The molecule has 1 N–H and O–H groups in total. The Balaban J connectivity index is 1.54. The van der Waals surface area contributed by atoms with Gasteiger partial charge in [-0.3, -0.25) is 4.79 Å². The van der Waals surface area contributed by atoms with Crippen molar-refractivity contribution in [1.29, 1.82) is 0 Å². The van der Waals surface area contributed by atoms with E-state index in [2.05, 4.69) is 9.97 Å². The number of rotatable bonds is 4. The first-order chi connectivity index (χ1) is 10.6. The number of likely N-dealkylation sites (tertiary alicyclic amines) is 1. The van der Waals surface area contributed by atoms with Gasteiger partial charge >= 0.3 is 0 Å². The van der Waals surface area contributed by atoms with Crippen molar-refractivity contribution in [3.05, 3.63) is 47.8 Å². The molecule has 1 aliphatic heterocycles. The summed E-state index contributed by atoms with van der Waals surface area (Å²) in [6, 6.07) is 6.08. The van der Waals surface area contributed by atoms with E-state index in [1.54, 1.807) is 23.2 Å². The zero-order chi connectivity index (χ0) is 15.5. The van der Waals surface area contributed by atoms with E-state index in [9.17, 15) is 9.18 Å². The lowest BCUT2D eigenvalue weighted by atomic mass is 10.1. The molecule has 116 valence electrons. The summed E-state index contributed by atoms with van der Waals surface area (Å²) in [6.07, 6.45) is 2.67. The van der Waals surface area contributed by atoms with Gasteiger partial charge in [-0.2, -0.15) is 0 Å². The number of amides is 1. The summed E-state index contributed by atoms with van der Waals surface area (Å²) in [5.74, 6) is 0.664. The van der Waals surface area contributed by atoms with Gasteiger partial charge in [0.2, 0.25) is 0 Å². The number of hydrogen-bond acceptors (Lipinski definition) is 3. The number of imidazole rings is 1. The van der Waals surface area contributed by atoms with E-state index in [4.69, 9.17) is 4.74 Å². The van der Waals surface area contributed by atoms with Crippen molar-refractivity contribution in [3.63, 3.8) is 0 Å². The molecule has 3 rings (SSSR count). The second-order valence-corrected chi connectivity index (χ2v) is 5.50. The highest BCUT2D eigenvalue weighted by molar-refractivity contribution is 5.78. The van der Waals surface area contributed by atoms with Crippen molar-refractivity contribution >= 4 is 5.91 Å². The second kappa shape index (κ2) is 6.17. The van der Waals surface area contributed by atoms with E-state index in [0.29, 0.717) is 13.1 Å². The SMILES string of the molecule is Cc1cnc([C@@H]2CCN(C(=O)COc3ccccc3F)C2)[nH]1. The largest absolute Gasteiger partial charge is 0.481 e. The number of benzene rings is 1. The molecule has 1 aliphatic rings. The Hall–Kier alpha value is -2.37. The average Bonchev–Trinajstić information content (AvgIpc) is 3.15. The normalized spacial score (nSPS) is 17.7. The molecule has 1 atom stereocenters. The van der Waals surface area contributed by atoms with Crippen LogP contribution in [0.3, 0.4) is 0 Å². The predicted molar refractivity (Wildman–Crippen MR) is 79.2 cm³/mol. The first-order valence-corrected chi connectivity index (χ1v) is 7.30. The van der Waals surface area contributed by atoms with Crippen LogP contribution in [0.15, 0.2) is 30.5 Å². The fourth-order valence-electron chi connectivity index (χ4n) is 2.64. The molecule has 0 saturated carbocycles. The van der Waals surface area contributed by atoms with Crippen LogP contribution in [0.1, 0.15) is 23.9 Å². The van der Waals surface area contributed by atoms with Crippen LogP contribution in [-0.4, -0.2) is 40.5 Å². The number of nitrogens with one attached hydrogen (secondary N) is 1. The molecule has 2 aromatic rings. The van der Waals surface area contributed by atoms with Crippen molar-refractivity contribution in [1.82, 2.24) is 14.9 Å². The summed E-state index contributed by atoms with van der Waals surface area (Å²) in [4.78, 5) is 21.4. The van der Waals surface area contributed by atoms with E-state index >= 15 is 0 Å². The Morgan fingerprint density at radius 1 is 1.50 bits per heavy atom. The number of hydrogen-bond donors (Lipinski definition) is 1. The third-order valence-electron chi connectivity index (χ3n) is 3.84. The number of aromatic nitrogens is 2. The van der Waals surface area contributed by atoms with Crippen molar-refractivity contribution in [2.45, 2.75) is 19.3 Å². The van der Waals surface area contributed by atoms with Crippen LogP contribution in [-0.2, 0) is 4.79 Å². The number of carbonyl (C=O) groups excluding carboxylic acids is 1. The van der Waals surface area contributed by atoms with Gasteiger partial charge in [-0.25, -0.2) is 9.37 Å². The lowest BCUT2D eigenvalue weighted by Gasteiger charge is -2.16. The topological polar surface area (TPSA) is 58.2 Å². The van der Waals surface area contributed by atoms with Gasteiger partial charge in [0, 0.05) is 30.9 Å². The van der Waals surface area contributed by atoms with Crippen molar-refractivity contribution < 1.29 is 13.9 Å². The van der Waals surface area contributed by atoms with Crippen molar-refractivity contribution in [2.75, 3.05) is 19.7 Å². The number of aryl methyl sites for hydroxylation is 1. The minimum atomic E-state index is -0.458. The fraction of sp³-hybridized carbons (Fsp3) is 0.375. The molecule has 2 heterocycles. The first-order valence-electron chi connectivity index (χ1n) is 7.30. The van der Waals surface area contributed by atoms with Crippen LogP contribution >= 0.6 is 0 Å². The number of para-hydroxylation sites is 1. The quantitative estimate of drug-likeness (QED) is 0.942. The highest BCUT2D eigenvalue weighted by Crippen LogP contribution is 2.25. The van der Waals surface area contributed by atoms with Gasteiger partial charge in [-0.1, -0.05) is 12.1 Å². The maximum absolute atomic E-state index is 13.4. The smallest absolute Gasteiger partial charge is 0.260 e. The number of ether oxygens (including phenoxy) is 1. The third-order valence-corrected chi connectivity index (χ3v) is 3.84. The Bertz CT molecular complexity index is 671. The van der Waals surface area contributed by atoms with Gasteiger partial charge in [0.1, 0.15) is 5.82 Å². The van der Waals surface area contributed by atoms with Crippen LogP contribution in [0.4, 0.5) is 4.39 Å². The summed E-state index contributed by atoms with van der Waals surface area (Å²) in [5.41, 5.74) is 1.02.